The van der Waals surface area contributed by atoms with E-state index in [1.54, 1.807) is 4.90 Å². The number of hydrogen-bond acceptors (Lipinski definition) is 4. The number of carbonyl (C=O) groups excluding carboxylic acids is 1. The van der Waals surface area contributed by atoms with Gasteiger partial charge < -0.3 is 21.5 Å². The van der Waals surface area contributed by atoms with Crippen molar-refractivity contribution < 1.29 is 14.7 Å². The van der Waals surface area contributed by atoms with E-state index < -0.39 is 5.97 Å². The molecule has 17 heavy (non-hydrogen) atoms. The number of nitrogens with two attached hydrogens (primary N) is 1. The molecule has 0 spiro atoms. The molecule has 0 saturated carbocycles. The van der Waals surface area contributed by atoms with Gasteiger partial charge in [0.05, 0.1) is 18.6 Å². The SMILES string of the molecule is CC(=O)N[C@H]1CN(CC(=O)O)C[C@@H]1NC(=N)N. The zero-order chi connectivity index (χ0) is 13.0. The van der Waals surface area contributed by atoms with Crippen LogP contribution < -0.4 is 16.4 Å². The summed E-state index contributed by atoms with van der Waals surface area (Å²) in [4.78, 5) is 23.3. The summed E-state index contributed by atoms with van der Waals surface area (Å²) in [6.07, 6.45) is 0. The molecule has 1 aliphatic rings. The van der Waals surface area contributed by atoms with E-state index in [1.165, 1.54) is 6.92 Å². The molecule has 6 N–H and O–H groups in total. The highest BCUT2D eigenvalue weighted by Crippen LogP contribution is 2.09. The Morgan fingerprint density at radius 3 is 2.35 bits per heavy atom. The molecule has 1 fully saturated rings. The second-order valence-electron chi connectivity index (χ2n) is 4.06. The number of carbonyl (C=O) groups is 2. The predicted octanol–water partition coefficient (Wildman–Crippen LogP) is -2.26. The summed E-state index contributed by atoms with van der Waals surface area (Å²) in [6, 6.07) is -0.480. The summed E-state index contributed by atoms with van der Waals surface area (Å²) in [7, 11) is 0. The number of hydrogen-bond donors (Lipinski definition) is 5. The lowest BCUT2D eigenvalue weighted by Crippen LogP contribution is -2.52. The lowest BCUT2D eigenvalue weighted by atomic mass is 10.2. The van der Waals surface area contributed by atoms with E-state index in [0.717, 1.165) is 0 Å². The van der Waals surface area contributed by atoms with Crippen molar-refractivity contribution in [3.05, 3.63) is 0 Å². The third-order valence-corrected chi connectivity index (χ3v) is 2.48. The van der Waals surface area contributed by atoms with E-state index >= 15 is 0 Å². The summed E-state index contributed by atoms with van der Waals surface area (Å²) in [6.45, 7) is 2.16. The maximum atomic E-state index is 11.0. The smallest absolute Gasteiger partial charge is 0.317 e. The molecule has 0 unspecified atom stereocenters. The van der Waals surface area contributed by atoms with Gasteiger partial charge in [0.1, 0.15) is 0 Å². The molecule has 0 radical (unpaired) electrons. The quantitative estimate of drug-likeness (QED) is 0.280. The summed E-state index contributed by atoms with van der Waals surface area (Å²) in [5.41, 5.74) is 5.24. The van der Waals surface area contributed by atoms with Crippen molar-refractivity contribution in [1.82, 2.24) is 15.5 Å². The number of rotatable bonds is 4. The number of likely N-dealkylation sites (tertiary alicyclic amines) is 1. The highest BCUT2D eigenvalue weighted by molar-refractivity contribution is 5.76. The second kappa shape index (κ2) is 5.48. The first kappa shape index (κ1) is 13.2. The molecule has 0 aromatic heterocycles. The maximum absolute atomic E-state index is 11.0. The molecule has 0 aromatic carbocycles. The van der Waals surface area contributed by atoms with Crippen molar-refractivity contribution in [2.75, 3.05) is 19.6 Å². The number of aliphatic carboxylic acids is 1. The Labute approximate surface area is 98.7 Å². The summed E-state index contributed by atoms with van der Waals surface area (Å²) in [5, 5.41) is 21.3. The van der Waals surface area contributed by atoms with E-state index in [9.17, 15) is 9.59 Å². The first-order valence-electron chi connectivity index (χ1n) is 5.20. The molecular formula is C9H17N5O3. The topological polar surface area (TPSA) is 132 Å². The minimum atomic E-state index is -0.921. The molecule has 0 aromatic rings. The van der Waals surface area contributed by atoms with Crippen LogP contribution in [0.4, 0.5) is 0 Å². The minimum Gasteiger partial charge on any atom is -0.480 e. The Balaban J connectivity index is 2.61. The van der Waals surface area contributed by atoms with Crippen LogP contribution in [0.3, 0.4) is 0 Å². The standard InChI is InChI=1S/C9H17N5O3/c1-5(15)12-6-2-14(4-8(16)17)3-7(6)13-9(10)11/h6-7H,2-4H2,1H3,(H,12,15)(H,16,17)(H4,10,11,13)/t6-,7-/m0/s1. The monoisotopic (exact) mass is 243 g/mol. The first-order valence-corrected chi connectivity index (χ1v) is 5.20. The maximum Gasteiger partial charge on any atom is 0.317 e. The van der Waals surface area contributed by atoms with Gasteiger partial charge in [-0.25, -0.2) is 0 Å². The average Bonchev–Trinajstić information content (AvgIpc) is 2.44. The van der Waals surface area contributed by atoms with Crippen LogP contribution in [0.2, 0.25) is 0 Å². The van der Waals surface area contributed by atoms with Crippen molar-refractivity contribution >= 4 is 17.8 Å². The number of nitrogens with one attached hydrogen (secondary N) is 3. The first-order chi connectivity index (χ1) is 7.88. The molecule has 1 saturated heterocycles. The molecule has 96 valence electrons. The zero-order valence-corrected chi connectivity index (χ0v) is 9.56. The fourth-order valence-corrected chi connectivity index (χ4v) is 1.96. The zero-order valence-electron chi connectivity index (χ0n) is 9.56. The number of amides is 1. The minimum absolute atomic E-state index is 0.0911. The third-order valence-electron chi connectivity index (χ3n) is 2.48. The Kier molecular flexibility index (Phi) is 4.27. The Bertz CT molecular complexity index is 309. The number of carboxylic acids is 1. The van der Waals surface area contributed by atoms with Crippen molar-refractivity contribution in [2.24, 2.45) is 5.73 Å². The van der Waals surface area contributed by atoms with Gasteiger partial charge in [-0.1, -0.05) is 0 Å². The molecule has 8 nitrogen and oxygen atoms in total. The number of nitrogens with zero attached hydrogens (tertiary/aromatic N) is 1. The van der Waals surface area contributed by atoms with Gasteiger partial charge in [-0.2, -0.15) is 0 Å². The van der Waals surface area contributed by atoms with Crippen LogP contribution in [0.25, 0.3) is 0 Å². The van der Waals surface area contributed by atoms with Crippen LogP contribution in [-0.4, -0.2) is 59.6 Å². The fraction of sp³-hybridized carbons (Fsp3) is 0.667. The van der Waals surface area contributed by atoms with Crippen LogP contribution >= 0.6 is 0 Å². The van der Waals surface area contributed by atoms with Crippen molar-refractivity contribution in [1.29, 1.82) is 5.41 Å². The van der Waals surface area contributed by atoms with Gasteiger partial charge in [0.25, 0.3) is 0 Å². The van der Waals surface area contributed by atoms with E-state index in [2.05, 4.69) is 10.6 Å². The van der Waals surface area contributed by atoms with Gasteiger partial charge in [-0.15, -0.1) is 0 Å². The second-order valence-corrected chi connectivity index (χ2v) is 4.06. The molecule has 1 amide bonds. The van der Waals surface area contributed by atoms with Crippen molar-refractivity contribution in [3.63, 3.8) is 0 Å². The Morgan fingerprint density at radius 1 is 1.41 bits per heavy atom. The molecular weight excluding hydrogens is 226 g/mol. The number of carboxylic acid groups (broad SMARTS) is 1. The van der Waals surface area contributed by atoms with Crippen LogP contribution in [0.1, 0.15) is 6.92 Å². The van der Waals surface area contributed by atoms with Crippen LogP contribution in [0, 0.1) is 5.41 Å². The van der Waals surface area contributed by atoms with Crippen LogP contribution in [-0.2, 0) is 9.59 Å². The Hall–Kier alpha value is -1.83. The van der Waals surface area contributed by atoms with E-state index in [4.69, 9.17) is 16.2 Å². The predicted molar refractivity (Wildman–Crippen MR) is 60.5 cm³/mol. The Morgan fingerprint density at radius 2 is 1.94 bits per heavy atom. The molecule has 2 atom stereocenters. The van der Waals surface area contributed by atoms with Crippen molar-refractivity contribution in [3.8, 4) is 0 Å². The van der Waals surface area contributed by atoms with Crippen LogP contribution in [0.5, 0.6) is 0 Å². The van der Waals surface area contributed by atoms with Gasteiger partial charge >= 0.3 is 5.97 Å². The fourth-order valence-electron chi connectivity index (χ4n) is 1.96. The average molecular weight is 243 g/mol. The highest BCUT2D eigenvalue weighted by Gasteiger charge is 2.34. The van der Waals surface area contributed by atoms with E-state index in [1.807, 2.05) is 0 Å². The summed E-state index contributed by atoms with van der Waals surface area (Å²) >= 11 is 0. The van der Waals surface area contributed by atoms with Crippen LogP contribution in [0.15, 0.2) is 0 Å². The largest absolute Gasteiger partial charge is 0.480 e. The summed E-state index contributed by atoms with van der Waals surface area (Å²) < 4.78 is 0. The molecule has 1 aliphatic heterocycles. The number of guanidine groups is 1. The van der Waals surface area contributed by atoms with E-state index in [0.29, 0.717) is 13.1 Å². The molecule has 8 heteroatoms. The van der Waals surface area contributed by atoms with Gasteiger partial charge in [0.2, 0.25) is 5.91 Å². The lowest BCUT2D eigenvalue weighted by molar-refractivity contribution is -0.138. The van der Waals surface area contributed by atoms with Crippen molar-refractivity contribution in [2.45, 2.75) is 19.0 Å². The van der Waals surface area contributed by atoms with Gasteiger partial charge in [0.15, 0.2) is 5.96 Å². The van der Waals surface area contributed by atoms with Gasteiger partial charge in [0, 0.05) is 20.0 Å². The summed E-state index contributed by atoms with van der Waals surface area (Å²) in [5.74, 6) is -1.31. The normalized spacial score (nSPS) is 24.3. The molecule has 0 bridgehead atoms. The highest BCUT2D eigenvalue weighted by atomic mass is 16.4. The molecule has 0 aliphatic carbocycles. The third kappa shape index (κ3) is 4.27. The van der Waals surface area contributed by atoms with Gasteiger partial charge in [-0.3, -0.25) is 19.9 Å². The molecule has 1 rings (SSSR count). The molecule has 1 heterocycles. The lowest BCUT2D eigenvalue weighted by Gasteiger charge is -2.20. The van der Waals surface area contributed by atoms with E-state index in [-0.39, 0.29) is 30.5 Å². The van der Waals surface area contributed by atoms with Gasteiger partial charge in [-0.05, 0) is 0 Å².